The second kappa shape index (κ2) is 1.19. The Labute approximate surface area is 35.8 Å². The zero-order chi connectivity index (χ0) is 4.57. The lowest BCUT2D eigenvalue weighted by Crippen LogP contribution is -1.85. The standard InChI is InChI=1S/C4H7FO/c5-4-1-3(4)2-6/h3-4,6H,1-2H2/t3-,4-/m0/s1. The molecule has 0 unspecified atom stereocenters. The van der Waals surface area contributed by atoms with Gasteiger partial charge in [-0.2, -0.15) is 0 Å². The lowest BCUT2D eigenvalue weighted by atomic mass is 10.5. The van der Waals surface area contributed by atoms with Gasteiger partial charge in [-0.1, -0.05) is 0 Å². The van der Waals surface area contributed by atoms with E-state index in [0.717, 1.165) is 0 Å². The number of hydrogen-bond donors (Lipinski definition) is 1. The summed E-state index contributed by atoms with van der Waals surface area (Å²) < 4.78 is 11.6. The molecule has 36 valence electrons. The molecule has 0 aromatic rings. The van der Waals surface area contributed by atoms with Crippen LogP contribution in [0.3, 0.4) is 0 Å². The lowest BCUT2D eigenvalue weighted by molar-refractivity contribution is 0.258. The van der Waals surface area contributed by atoms with Crippen molar-refractivity contribution in [3.05, 3.63) is 0 Å². The van der Waals surface area contributed by atoms with Gasteiger partial charge < -0.3 is 5.11 Å². The van der Waals surface area contributed by atoms with E-state index in [1.54, 1.807) is 0 Å². The van der Waals surface area contributed by atoms with Gasteiger partial charge in [0.1, 0.15) is 6.17 Å². The first-order valence-electron chi connectivity index (χ1n) is 2.09. The van der Waals surface area contributed by atoms with Gasteiger partial charge in [0.05, 0.1) is 0 Å². The molecule has 0 spiro atoms. The van der Waals surface area contributed by atoms with Gasteiger partial charge in [-0.3, -0.25) is 0 Å². The summed E-state index contributed by atoms with van der Waals surface area (Å²) in [7, 11) is 0. The van der Waals surface area contributed by atoms with Crippen molar-refractivity contribution >= 4 is 0 Å². The maximum Gasteiger partial charge on any atom is 0.106 e. The van der Waals surface area contributed by atoms with E-state index in [4.69, 9.17) is 5.11 Å². The van der Waals surface area contributed by atoms with Gasteiger partial charge in [-0.15, -0.1) is 0 Å². The van der Waals surface area contributed by atoms with Crippen molar-refractivity contribution < 1.29 is 9.50 Å². The van der Waals surface area contributed by atoms with Crippen LogP contribution in [-0.2, 0) is 0 Å². The summed E-state index contributed by atoms with van der Waals surface area (Å²) in [6.45, 7) is 0.0289. The van der Waals surface area contributed by atoms with Crippen molar-refractivity contribution in [1.82, 2.24) is 0 Å². The Hall–Kier alpha value is -0.110. The first kappa shape index (κ1) is 4.06. The van der Waals surface area contributed by atoms with Gasteiger partial charge in [-0.25, -0.2) is 4.39 Å². The summed E-state index contributed by atoms with van der Waals surface area (Å²) in [4.78, 5) is 0. The molecule has 1 N–H and O–H groups in total. The van der Waals surface area contributed by atoms with Crippen molar-refractivity contribution in [1.29, 1.82) is 0 Å². The Morgan fingerprint density at radius 2 is 2.33 bits per heavy atom. The fourth-order valence-electron chi connectivity index (χ4n) is 0.400. The number of halogens is 1. The van der Waals surface area contributed by atoms with Crippen LogP contribution >= 0.6 is 0 Å². The van der Waals surface area contributed by atoms with Crippen LogP contribution in [-0.4, -0.2) is 17.9 Å². The number of aliphatic hydroxyl groups excluding tert-OH is 1. The molecule has 0 aromatic carbocycles. The maximum absolute atomic E-state index is 11.6. The second-order valence-corrected chi connectivity index (χ2v) is 1.69. The highest BCUT2D eigenvalue weighted by atomic mass is 19.1. The van der Waals surface area contributed by atoms with Gasteiger partial charge in [-0.05, 0) is 6.42 Å². The van der Waals surface area contributed by atoms with E-state index in [1.807, 2.05) is 0 Å². The molecule has 1 aliphatic rings. The summed E-state index contributed by atoms with van der Waals surface area (Å²) in [5.74, 6) is -0.00926. The molecular weight excluding hydrogens is 83.0 g/mol. The summed E-state index contributed by atoms with van der Waals surface area (Å²) in [5, 5.41) is 8.14. The predicted molar refractivity (Wildman–Crippen MR) is 20.1 cm³/mol. The SMILES string of the molecule is OC[C@@H]1C[C@@H]1F. The van der Waals surface area contributed by atoms with Crippen LogP contribution < -0.4 is 0 Å². The van der Waals surface area contributed by atoms with Crippen molar-refractivity contribution in [2.75, 3.05) is 6.61 Å². The molecule has 1 rings (SSSR count). The zero-order valence-electron chi connectivity index (χ0n) is 3.39. The third-order valence-corrected chi connectivity index (χ3v) is 1.07. The first-order chi connectivity index (χ1) is 2.84. The van der Waals surface area contributed by atoms with Gasteiger partial charge in [0.15, 0.2) is 0 Å². The Balaban J connectivity index is 2.09. The van der Waals surface area contributed by atoms with Crippen LogP contribution in [0.15, 0.2) is 0 Å². The molecular formula is C4H7FO. The van der Waals surface area contributed by atoms with Crippen molar-refractivity contribution in [2.45, 2.75) is 12.6 Å². The minimum atomic E-state index is -0.685. The monoisotopic (exact) mass is 90.0 g/mol. The number of alkyl halides is 1. The highest BCUT2D eigenvalue weighted by molar-refractivity contribution is 4.84. The van der Waals surface area contributed by atoms with Crippen molar-refractivity contribution in [3.63, 3.8) is 0 Å². The third kappa shape index (κ3) is 0.522. The van der Waals surface area contributed by atoms with E-state index in [2.05, 4.69) is 0 Å². The highest BCUT2D eigenvalue weighted by Gasteiger charge is 2.36. The van der Waals surface area contributed by atoms with E-state index >= 15 is 0 Å². The minimum absolute atomic E-state index is 0.00926. The van der Waals surface area contributed by atoms with Gasteiger partial charge in [0, 0.05) is 12.5 Å². The van der Waals surface area contributed by atoms with Crippen LogP contribution in [0.25, 0.3) is 0 Å². The fourth-order valence-corrected chi connectivity index (χ4v) is 0.400. The van der Waals surface area contributed by atoms with Crippen molar-refractivity contribution in [2.24, 2.45) is 5.92 Å². The molecule has 0 saturated heterocycles. The van der Waals surface area contributed by atoms with E-state index in [9.17, 15) is 4.39 Å². The number of rotatable bonds is 1. The average Bonchev–Trinajstić information content (AvgIpc) is 2.19. The maximum atomic E-state index is 11.6. The van der Waals surface area contributed by atoms with Crippen molar-refractivity contribution in [3.8, 4) is 0 Å². The van der Waals surface area contributed by atoms with Crippen LogP contribution in [0.5, 0.6) is 0 Å². The molecule has 0 amide bonds. The molecule has 1 fully saturated rings. The molecule has 0 heterocycles. The molecule has 2 atom stereocenters. The third-order valence-electron chi connectivity index (χ3n) is 1.07. The van der Waals surface area contributed by atoms with Crippen LogP contribution in [0, 0.1) is 5.92 Å². The molecule has 0 aliphatic heterocycles. The van der Waals surface area contributed by atoms with Crippen LogP contribution in [0.2, 0.25) is 0 Å². The lowest BCUT2D eigenvalue weighted by Gasteiger charge is -1.76. The summed E-state index contributed by atoms with van der Waals surface area (Å²) >= 11 is 0. The molecule has 0 aromatic heterocycles. The molecule has 2 heteroatoms. The molecule has 1 nitrogen and oxygen atoms in total. The molecule has 6 heavy (non-hydrogen) atoms. The highest BCUT2D eigenvalue weighted by Crippen LogP contribution is 2.32. The first-order valence-corrected chi connectivity index (χ1v) is 2.09. The van der Waals surface area contributed by atoms with E-state index in [1.165, 1.54) is 0 Å². The molecule has 1 saturated carbocycles. The molecule has 1 aliphatic carbocycles. The Bertz CT molecular complexity index is 53.5. The molecule has 0 radical (unpaired) electrons. The smallest absolute Gasteiger partial charge is 0.106 e. The van der Waals surface area contributed by atoms with E-state index < -0.39 is 6.17 Å². The summed E-state index contributed by atoms with van der Waals surface area (Å²) in [6.07, 6.45) is -0.105. The van der Waals surface area contributed by atoms with Gasteiger partial charge in [0.25, 0.3) is 0 Å². The van der Waals surface area contributed by atoms with Crippen LogP contribution in [0.1, 0.15) is 6.42 Å². The van der Waals surface area contributed by atoms with Crippen LogP contribution in [0.4, 0.5) is 4.39 Å². The fraction of sp³-hybridized carbons (Fsp3) is 1.00. The Kier molecular flexibility index (Phi) is 0.804. The number of aliphatic hydroxyl groups is 1. The second-order valence-electron chi connectivity index (χ2n) is 1.69. The van der Waals surface area contributed by atoms with E-state index in [0.29, 0.717) is 6.42 Å². The summed E-state index contributed by atoms with van der Waals surface area (Å²) in [5.41, 5.74) is 0. The Morgan fingerprint density at radius 1 is 1.83 bits per heavy atom. The quantitative estimate of drug-likeness (QED) is 0.492. The van der Waals surface area contributed by atoms with Gasteiger partial charge in [0.2, 0.25) is 0 Å². The predicted octanol–water partition coefficient (Wildman–Crippen LogP) is 0.337. The summed E-state index contributed by atoms with van der Waals surface area (Å²) in [6, 6.07) is 0. The topological polar surface area (TPSA) is 20.2 Å². The normalized spacial score (nSPS) is 43.0. The Morgan fingerprint density at radius 3 is 2.33 bits per heavy atom. The minimum Gasteiger partial charge on any atom is -0.396 e. The van der Waals surface area contributed by atoms with Gasteiger partial charge >= 0.3 is 0 Å². The van der Waals surface area contributed by atoms with E-state index in [-0.39, 0.29) is 12.5 Å². The molecule has 0 bridgehead atoms. The largest absolute Gasteiger partial charge is 0.396 e. The zero-order valence-corrected chi connectivity index (χ0v) is 3.39. The average molecular weight is 90.1 g/mol. The number of hydrogen-bond acceptors (Lipinski definition) is 1.